The maximum absolute atomic E-state index is 13.4. The predicted octanol–water partition coefficient (Wildman–Crippen LogP) is 1.92. The van der Waals surface area contributed by atoms with Crippen LogP contribution >= 0.6 is 0 Å². The van der Waals surface area contributed by atoms with E-state index in [0.717, 1.165) is 11.1 Å². The molecule has 0 spiro atoms. The highest BCUT2D eigenvalue weighted by atomic mass is 19.1. The summed E-state index contributed by atoms with van der Waals surface area (Å²) < 4.78 is 13.4. The molecule has 4 nitrogen and oxygen atoms in total. The minimum Gasteiger partial charge on any atom is -0.392 e. The molecule has 1 aliphatic heterocycles. The maximum Gasteiger partial charge on any atom is 0.123 e. The van der Waals surface area contributed by atoms with Crippen molar-refractivity contribution < 1.29 is 9.50 Å². The van der Waals surface area contributed by atoms with Gasteiger partial charge in [-0.3, -0.25) is 4.90 Å². The van der Waals surface area contributed by atoms with E-state index in [0.29, 0.717) is 19.5 Å². The third kappa shape index (κ3) is 2.84. The van der Waals surface area contributed by atoms with Crippen molar-refractivity contribution in [3.05, 3.63) is 59.9 Å². The third-order valence-electron chi connectivity index (χ3n) is 3.61. The molecule has 0 radical (unpaired) electrons. The smallest absolute Gasteiger partial charge is 0.123 e. The first kappa shape index (κ1) is 13.1. The Hall–Kier alpha value is -1.85. The number of aliphatic hydroxyl groups excluding tert-OH is 1. The third-order valence-corrected chi connectivity index (χ3v) is 3.61. The predicted molar refractivity (Wildman–Crippen MR) is 72.2 cm³/mol. The minimum atomic E-state index is -0.382. The van der Waals surface area contributed by atoms with Crippen LogP contribution in [0.5, 0.6) is 0 Å². The quantitative estimate of drug-likeness (QED) is 0.928. The Morgan fingerprint density at radius 3 is 2.85 bits per heavy atom. The van der Waals surface area contributed by atoms with Crippen molar-refractivity contribution in [1.82, 2.24) is 14.9 Å². The Kier molecular flexibility index (Phi) is 3.71. The maximum atomic E-state index is 13.4. The first-order valence-corrected chi connectivity index (χ1v) is 6.64. The molecule has 0 unspecified atom stereocenters. The second-order valence-corrected chi connectivity index (χ2v) is 5.14. The molecule has 0 aliphatic carbocycles. The number of β-amino-alcohol motifs (C(OH)–C–C–N with tert-alkyl or cyclic N) is 1. The number of nitrogens with zero attached hydrogens (tertiary/aromatic N) is 3. The Morgan fingerprint density at radius 1 is 1.30 bits per heavy atom. The van der Waals surface area contributed by atoms with Gasteiger partial charge in [0.25, 0.3) is 0 Å². The van der Waals surface area contributed by atoms with Crippen molar-refractivity contribution >= 4 is 0 Å². The number of benzene rings is 1. The van der Waals surface area contributed by atoms with Crippen LogP contribution in [0.15, 0.2) is 43.0 Å². The summed E-state index contributed by atoms with van der Waals surface area (Å²) in [5.74, 6) is -0.244. The van der Waals surface area contributed by atoms with E-state index >= 15 is 0 Å². The van der Waals surface area contributed by atoms with Crippen LogP contribution in [0.3, 0.4) is 0 Å². The molecule has 1 aromatic heterocycles. The van der Waals surface area contributed by atoms with Gasteiger partial charge in [-0.15, -0.1) is 0 Å². The van der Waals surface area contributed by atoms with Gasteiger partial charge in [0, 0.05) is 37.1 Å². The molecule has 1 aromatic carbocycles. The molecule has 5 heteroatoms. The van der Waals surface area contributed by atoms with Crippen molar-refractivity contribution in [3.8, 4) is 0 Å². The van der Waals surface area contributed by atoms with E-state index in [1.165, 1.54) is 18.5 Å². The van der Waals surface area contributed by atoms with Crippen LogP contribution in [-0.2, 0) is 6.54 Å². The average Bonchev–Trinajstić information content (AvgIpc) is 2.81. The lowest BCUT2D eigenvalue weighted by Crippen LogP contribution is -2.24. The second kappa shape index (κ2) is 5.64. The molecular weight excluding hydrogens is 257 g/mol. The fraction of sp³-hybridized carbons (Fsp3) is 0.333. The van der Waals surface area contributed by atoms with Gasteiger partial charge in [0.05, 0.1) is 6.10 Å². The van der Waals surface area contributed by atoms with Crippen molar-refractivity contribution in [3.63, 3.8) is 0 Å². The summed E-state index contributed by atoms with van der Waals surface area (Å²) in [4.78, 5) is 10.1. The van der Waals surface area contributed by atoms with Crippen LogP contribution in [0.2, 0.25) is 0 Å². The average molecular weight is 273 g/mol. The summed E-state index contributed by atoms with van der Waals surface area (Å²) in [5.41, 5.74) is 1.89. The summed E-state index contributed by atoms with van der Waals surface area (Å²) >= 11 is 0. The molecule has 2 aromatic rings. The van der Waals surface area contributed by atoms with Crippen LogP contribution in [0, 0.1) is 5.82 Å². The van der Waals surface area contributed by atoms with Gasteiger partial charge in [-0.05, 0) is 24.1 Å². The molecule has 1 aliphatic rings. The van der Waals surface area contributed by atoms with Gasteiger partial charge in [-0.2, -0.15) is 0 Å². The second-order valence-electron chi connectivity index (χ2n) is 5.14. The fourth-order valence-electron chi connectivity index (χ4n) is 2.76. The van der Waals surface area contributed by atoms with Crippen LogP contribution in [-0.4, -0.2) is 32.6 Å². The Balaban J connectivity index is 1.82. The van der Waals surface area contributed by atoms with Gasteiger partial charge in [0.2, 0.25) is 0 Å². The monoisotopic (exact) mass is 273 g/mol. The van der Waals surface area contributed by atoms with Gasteiger partial charge in [-0.1, -0.05) is 12.1 Å². The van der Waals surface area contributed by atoms with Crippen molar-refractivity contribution in [2.24, 2.45) is 0 Å². The first-order valence-electron chi connectivity index (χ1n) is 6.64. The molecule has 0 amide bonds. The van der Waals surface area contributed by atoms with Crippen LogP contribution in [0.1, 0.15) is 23.6 Å². The lowest BCUT2D eigenvalue weighted by Gasteiger charge is -2.24. The zero-order chi connectivity index (χ0) is 13.9. The highest BCUT2D eigenvalue weighted by Gasteiger charge is 2.32. The number of hydrogen-bond acceptors (Lipinski definition) is 4. The summed E-state index contributed by atoms with van der Waals surface area (Å²) in [5, 5.41) is 9.91. The van der Waals surface area contributed by atoms with E-state index in [-0.39, 0.29) is 18.0 Å². The normalized spacial score (nSPS) is 23.1. The van der Waals surface area contributed by atoms with Crippen molar-refractivity contribution in [2.75, 3.05) is 6.54 Å². The van der Waals surface area contributed by atoms with Crippen LogP contribution < -0.4 is 0 Å². The van der Waals surface area contributed by atoms with Gasteiger partial charge in [-0.25, -0.2) is 14.4 Å². The van der Waals surface area contributed by atoms with E-state index in [1.807, 2.05) is 6.07 Å². The Morgan fingerprint density at radius 2 is 2.10 bits per heavy atom. The van der Waals surface area contributed by atoms with E-state index < -0.39 is 0 Å². The molecule has 0 saturated carbocycles. The molecule has 1 saturated heterocycles. The van der Waals surface area contributed by atoms with E-state index in [2.05, 4.69) is 14.9 Å². The molecule has 1 N–H and O–H groups in total. The van der Waals surface area contributed by atoms with E-state index in [4.69, 9.17) is 0 Å². The molecule has 104 valence electrons. The number of likely N-dealkylation sites (tertiary alicyclic amines) is 1. The van der Waals surface area contributed by atoms with E-state index in [9.17, 15) is 9.50 Å². The fourth-order valence-corrected chi connectivity index (χ4v) is 2.76. The van der Waals surface area contributed by atoms with Gasteiger partial charge in [0.15, 0.2) is 0 Å². The van der Waals surface area contributed by atoms with Gasteiger partial charge < -0.3 is 5.11 Å². The number of rotatable bonds is 3. The highest BCUT2D eigenvalue weighted by Crippen LogP contribution is 2.33. The molecular formula is C15H16FN3O. The highest BCUT2D eigenvalue weighted by molar-refractivity contribution is 5.22. The Labute approximate surface area is 116 Å². The summed E-state index contributed by atoms with van der Waals surface area (Å²) in [6.07, 6.45) is 5.26. The SMILES string of the molecule is O[C@@H]1C[C@H](c2cccc(F)c2)N(Cc2cncnc2)C1. The lowest BCUT2D eigenvalue weighted by atomic mass is 10.0. The molecule has 2 heterocycles. The van der Waals surface area contributed by atoms with Crippen molar-refractivity contribution in [2.45, 2.75) is 25.1 Å². The summed E-state index contributed by atoms with van der Waals surface area (Å²) in [7, 11) is 0. The van der Waals surface area contributed by atoms with Crippen LogP contribution in [0.4, 0.5) is 4.39 Å². The topological polar surface area (TPSA) is 49.2 Å². The number of aromatic nitrogens is 2. The molecule has 0 bridgehead atoms. The zero-order valence-corrected chi connectivity index (χ0v) is 11.0. The Bertz CT molecular complexity index is 578. The van der Waals surface area contributed by atoms with Crippen molar-refractivity contribution in [1.29, 1.82) is 0 Å². The minimum absolute atomic E-state index is 0.0286. The van der Waals surface area contributed by atoms with Crippen LogP contribution in [0.25, 0.3) is 0 Å². The molecule has 1 fully saturated rings. The first-order chi connectivity index (χ1) is 9.72. The molecule has 2 atom stereocenters. The molecule has 3 rings (SSSR count). The molecule has 20 heavy (non-hydrogen) atoms. The zero-order valence-electron chi connectivity index (χ0n) is 11.0. The van der Waals surface area contributed by atoms with Gasteiger partial charge >= 0.3 is 0 Å². The van der Waals surface area contributed by atoms with Gasteiger partial charge in [0.1, 0.15) is 12.1 Å². The number of hydrogen-bond donors (Lipinski definition) is 1. The summed E-state index contributed by atoms with van der Waals surface area (Å²) in [6.45, 7) is 1.23. The lowest BCUT2D eigenvalue weighted by molar-refractivity contribution is 0.172. The van der Waals surface area contributed by atoms with E-state index in [1.54, 1.807) is 18.5 Å². The standard InChI is InChI=1S/C15H16FN3O/c16-13-3-1-2-12(4-13)15-5-14(20)9-19(15)8-11-6-17-10-18-7-11/h1-4,6-7,10,14-15,20H,5,8-9H2/t14-,15-/m1/s1. The number of aliphatic hydroxyl groups is 1. The number of halogens is 1. The summed E-state index contributed by atoms with van der Waals surface area (Å²) in [6, 6.07) is 6.61. The largest absolute Gasteiger partial charge is 0.392 e.